The van der Waals surface area contributed by atoms with Crippen molar-refractivity contribution >= 4 is 5.78 Å². The topological polar surface area (TPSA) is 17.1 Å². The molecule has 0 amide bonds. The Morgan fingerprint density at radius 3 is 2.25 bits per heavy atom. The highest BCUT2D eigenvalue weighted by Crippen LogP contribution is 2.75. The van der Waals surface area contributed by atoms with Crippen molar-refractivity contribution in [2.75, 3.05) is 0 Å². The number of rotatable bonds is 2. The molecule has 28 heavy (non-hydrogen) atoms. The van der Waals surface area contributed by atoms with Gasteiger partial charge in [0.05, 0.1) is 0 Å². The van der Waals surface area contributed by atoms with E-state index in [4.69, 9.17) is 0 Å². The van der Waals surface area contributed by atoms with Crippen molar-refractivity contribution < 1.29 is 4.79 Å². The van der Waals surface area contributed by atoms with Crippen LogP contribution in [0.1, 0.15) is 119 Å². The Kier molecular flexibility index (Phi) is 4.73. The highest BCUT2D eigenvalue weighted by Gasteiger charge is 2.67. The van der Waals surface area contributed by atoms with Crippen LogP contribution in [0.3, 0.4) is 0 Å². The van der Waals surface area contributed by atoms with E-state index in [1.54, 1.807) is 0 Å². The van der Waals surface area contributed by atoms with E-state index in [2.05, 4.69) is 48.5 Å². The predicted octanol–water partition coefficient (Wildman–Crippen LogP) is 7.82. The molecular weight excluding hydrogens is 340 g/mol. The smallest absolute Gasteiger partial charge is 0.136 e. The summed E-state index contributed by atoms with van der Waals surface area (Å²) in [6.45, 7) is 17.7. The summed E-state index contributed by atoms with van der Waals surface area (Å²) in [5, 5.41) is 0. The summed E-state index contributed by atoms with van der Waals surface area (Å²) < 4.78 is 0. The molecule has 0 N–H and O–H groups in total. The summed E-state index contributed by atoms with van der Waals surface area (Å²) in [4.78, 5) is 12.6. The highest BCUT2D eigenvalue weighted by atomic mass is 16.1. The summed E-state index contributed by atoms with van der Waals surface area (Å²) >= 11 is 0. The lowest BCUT2D eigenvalue weighted by Crippen LogP contribution is -2.64. The van der Waals surface area contributed by atoms with Gasteiger partial charge in [-0.05, 0) is 96.7 Å². The maximum absolute atomic E-state index is 12.6. The van der Waals surface area contributed by atoms with E-state index in [0.29, 0.717) is 27.4 Å². The number of carbonyl (C=O) groups excluding carboxylic acids is 1. The van der Waals surface area contributed by atoms with Crippen LogP contribution in [0, 0.1) is 44.8 Å². The molecule has 4 saturated carbocycles. The molecule has 0 saturated heterocycles. The van der Waals surface area contributed by atoms with Gasteiger partial charge in [-0.25, -0.2) is 0 Å². The second-order valence-electron chi connectivity index (χ2n) is 13.1. The van der Waals surface area contributed by atoms with Gasteiger partial charge < -0.3 is 0 Å². The summed E-state index contributed by atoms with van der Waals surface area (Å²) in [7, 11) is 0. The summed E-state index contributed by atoms with van der Waals surface area (Å²) in [5.41, 5.74) is 2.24. The molecule has 1 nitrogen and oxygen atoms in total. The Balaban J connectivity index is 1.69. The minimum atomic E-state index is 0.246. The second-order valence-corrected chi connectivity index (χ2v) is 13.1. The van der Waals surface area contributed by atoms with Gasteiger partial charge in [-0.2, -0.15) is 0 Å². The molecular formula is C27H46O. The van der Waals surface area contributed by atoms with Crippen LogP contribution in [0.4, 0.5) is 0 Å². The molecule has 0 bridgehead atoms. The standard InChI is InChI=1S/C27H46O/c1-8-12-23(3)14-17-27(7)22-11-13-25(5)19(2)20(28)9-10-21(25)26(22,6)16-15-24(27,4)18-23/h19,21-22H,8-18H2,1-7H3/t19-,21+,22-,23+,24-,25+,26-,27+/m0/s1. The summed E-state index contributed by atoms with van der Waals surface area (Å²) in [6.07, 6.45) is 14.5. The lowest BCUT2D eigenvalue weighted by molar-refractivity contribution is -0.225. The van der Waals surface area contributed by atoms with E-state index in [1.165, 1.54) is 57.8 Å². The number of carbonyl (C=O) groups is 1. The number of ketones is 1. The van der Waals surface area contributed by atoms with E-state index >= 15 is 0 Å². The molecule has 0 radical (unpaired) electrons. The number of fused-ring (bicyclic) bond motifs is 5. The van der Waals surface area contributed by atoms with E-state index < -0.39 is 0 Å². The van der Waals surface area contributed by atoms with Crippen molar-refractivity contribution in [3.8, 4) is 0 Å². The van der Waals surface area contributed by atoms with E-state index in [-0.39, 0.29) is 11.3 Å². The highest BCUT2D eigenvalue weighted by molar-refractivity contribution is 5.82. The Bertz CT molecular complexity index is 653. The quantitative estimate of drug-likeness (QED) is 0.472. The van der Waals surface area contributed by atoms with Gasteiger partial charge in [0.25, 0.3) is 0 Å². The Morgan fingerprint density at radius 1 is 0.857 bits per heavy atom. The molecule has 0 aromatic heterocycles. The minimum absolute atomic E-state index is 0.246. The molecule has 0 aromatic rings. The lowest BCUT2D eigenvalue weighted by Gasteiger charge is -2.72. The zero-order chi connectivity index (χ0) is 20.6. The monoisotopic (exact) mass is 386 g/mol. The fraction of sp³-hybridized carbons (Fsp3) is 0.963. The van der Waals surface area contributed by atoms with Gasteiger partial charge in [-0.1, -0.05) is 54.9 Å². The first kappa shape index (κ1) is 20.9. The third-order valence-electron chi connectivity index (χ3n) is 11.8. The molecule has 0 spiro atoms. The van der Waals surface area contributed by atoms with Crippen LogP contribution in [0.2, 0.25) is 0 Å². The Labute approximate surface area is 174 Å². The maximum Gasteiger partial charge on any atom is 0.136 e. The van der Waals surface area contributed by atoms with Gasteiger partial charge >= 0.3 is 0 Å². The van der Waals surface area contributed by atoms with Crippen molar-refractivity contribution in [2.24, 2.45) is 44.8 Å². The van der Waals surface area contributed by atoms with Crippen molar-refractivity contribution in [1.82, 2.24) is 0 Å². The Morgan fingerprint density at radius 2 is 1.57 bits per heavy atom. The largest absolute Gasteiger partial charge is 0.299 e. The zero-order valence-corrected chi connectivity index (χ0v) is 19.9. The molecule has 1 heteroatoms. The average Bonchev–Trinajstić information content (AvgIpc) is 2.61. The van der Waals surface area contributed by atoms with Crippen molar-refractivity contribution in [2.45, 2.75) is 119 Å². The van der Waals surface area contributed by atoms with Gasteiger partial charge in [0.15, 0.2) is 0 Å². The van der Waals surface area contributed by atoms with Gasteiger partial charge in [0.2, 0.25) is 0 Å². The van der Waals surface area contributed by atoms with Crippen LogP contribution in [-0.2, 0) is 4.79 Å². The SMILES string of the molecule is CCC[C@]1(C)CC[C@]2(C)[C@H]3CC[C@@]4(C)[C@@H](CCC(=O)[C@@H]4C)[C@]3(C)CC[C@@]2(C)C1. The van der Waals surface area contributed by atoms with Crippen LogP contribution >= 0.6 is 0 Å². The number of hydrogen-bond donors (Lipinski definition) is 0. The zero-order valence-electron chi connectivity index (χ0n) is 19.9. The molecule has 4 aliphatic rings. The van der Waals surface area contributed by atoms with Gasteiger partial charge in [-0.3, -0.25) is 4.79 Å². The van der Waals surface area contributed by atoms with E-state index in [1.807, 2.05) is 0 Å². The normalized spacial score (nSPS) is 56.5. The predicted molar refractivity (Wildman–Crippen MR) is 118 cm³/mol. The van der Waals surface area contributed by atoms with Crippen LogP contribution < -0.4 is 0 Å². The second kappa shape index (κ2) is 6.34. The van der Waals surface area contributed by atoms with Gasteiger partial charge in [0.1, 0.15) is 5.78 Å². The minimum Gasteiger partial charge on any atom is -0.299 e. The number of hydrogen-bond acceptors (Lipinski definition) is 1. The van der Waals surface area contributed by atoms with Crippen molar-refractivity contribution in [1.29, 1.82) is 0 Å². The first-order valence-corrected chi connectivity index (χ1v) is 12.5. The summed E-state index contributed by atoms with van der Waals surface area (Å²) in [6, 6.07) is 0. The van der Waals surface area contributed by atoms with Gasteiger partial charge in [-0.15, -0.1) is 0 Å². The molecule has 0 aliphatic heterocycles. The summed E-state index contributed by atoms with van der Waals surface area (Å²) in [5.74, 6) is 2.41. The van der Waals surface area contributed by atoms with Crippen molar-refractivity contribution in [3.63, 3.8) is 0 Å². The van der Waals surface area contributed by atoms with Crippen molar-refractivity contribution in [3.05, 3.63) is 0 Å². The molecule has 0 aromatic carbocycles. The van der Waals surface area contributed by atoms with Crippen LogP contribution in [0.15, 0.2) is 0 Å². The van der Waals surface area contributed by atoms with E-state index in [9.17, 15) is 4.79 Å². The molecule has 0 unspecified atom stereocenters. The maximum atomic E-state index is 12.6. The third kappa shape index (κ3) is 2.59. The molecule has 4 aliphatic carbocycles. The number of Topliss-reactive ketones (excluding diaryl/α,β-unsaturated/α-hetero) is 1. The average molecular weight is 387 g/mol. The first-order chi connectivity index (χ1) is 12.9. The molecule has 0 heterocycles. The van der Waals surface area contributed by atoms with Gasteiger partial charge in [0, 0.05) is 12.3 Å². The molecule has 160 valence electrons. The molecule has 8 atom stereocenters. The first-order valence-electron chi connectivity index (χ1n) is 12.5. The Hall–Kier alpha value is -0.330. The fourth-order valence-corrected chi connectivity index (χ4v) is 9.83. The fourth-order valence-electron chi connectivity index (χ4n) is 9.83. The van der Waals surface area contributed by atoms with Crippen LogP contribution in [-0.4, -0.2) is 5.78 Å². The third-order valence-corrected chi connectivity index (χ3v) is 11.8. The molecule has 4 fully saturated rings. The van der Waals surface area contributed by atoms with Crippen LogP contribution in [0.5, 0.6) is 0 Å². The van der Waals surface area contributed by atoms with Crippen LogP contribution in [0.25, 0.3) is 0 Å². The lowest BCUT2D eigenvalue weighted by atomic mass is 9.33. The van der Waals surface area contributed by atoms with E-state index in [0.717, 1.165) is 24.7 Å². The molecule has 4 rings (SSSR count).